The summed E-state index contributed by atoms with van der Waals surface area (Å²) in [6.45, 7) is 1.86. The lowest BCUT2D eigenvalue weighted by molar-refractivity contribution is -0.122. The monoisotopic (exact) mass is 429 g/mol. The van der Waals surface area contributed by atoms with Crippen molar-refractivity contribution in [1.29, 1.82) is 0 Å². The number of nitrogens with one attached hydrogen (secondary N) is 1. The maximum atomic E-state index is 12.8. The van der Waals surface area contributed by atoms with Gasteiger partial charge in [0, 0.05) is 16.0 Å². The molecule has 0 aliphatic heterocycles. The summed E-state index contributed by atoms with van der Waals surface area (Å²) >= 11 is 7.22. The molecule has 1 N–H and O–H groups in total. The molecule has 1 atom stereocenters. The molecule has 0 aliphatic rings. The Hall–Kier alpha value is -2.83. The van der Waals surface area contributed by atoms with Crippen LogP contribution in [0.15, 0.2) is 60.0 Å². The van der Waals surface area contributed by atoms with Crippen molar-refractivity contribution in [2.24, 2.45) is 0 Å². The standard InChI is InChI=1S/C22H20ClNO4S/c1-3-18(28-16-7-5-4-6-8-16)20(25)24-21-19(22(26)27-2)17(13-29-21)14-9-11-15(23)12-10-14/h4-13,18H,3H2,1-2H3,(H,24,25). The second kappa shape index (κ2) is 9.58. The predicted octanol–water partition coefficient (Wildman–Crippen LogP) is 5.65. The van der Waals surface area contributed by atoms with Gasteiger partial charge >= 0.3 is 5.97 Å². The zero-order chi connectivity index (χ0) is 20.8. The number of thiophene rings is 1. The molecule has 1 aromatic heterocycles. The average Bonchev–Trinajstić information content (AvgIpc) is 3.16. The molecule has 5 nitrogen and oxygen atoms in total. The van der Waals surface area contributed by atoms with Gasteiger partial charge in [0.2, 0.25) is 0 Å². The number of carbonyl (C=O) groups is 2. The molecular formula is C22H20ClNO4S. The van der Waals surface area contributed by atoms with Gasteiger partial charge in [0.05, 0.1) is 7.11 Å². The zero-order valence-electron chi connectivity index (χ0n) is 16.0. The van der Waals surface area contributed by atoms with Crippen molar-refractivity contribution in [2.75, 3.05) is 12.4 Å². The topological polar surface area (TPSA) is 64.6 Å². The van der Waals surface area contributed by atoms with Crippen LogP contribution >= 0.6 is 22.9 Å². The van der Waals surface area contributed by atoms with E-state index in [-0.39, 0.29) is 5.91 Å². The van der Waals surface area contributed by atoms with E-state index in [1.807, 2.05) is 42.6 Å². The lowest BCUT2D eigenvalue weighted by Crippen LogP contribution is -2.32. The van der Waals surface area contributed by atoms with Gasteiger partial charge in [-0.3, -0.25) is 4.79 Å². The SMILES string of the molecule is CCC(Oc1ccccc1)C(=O)Nc1scc(-c2ccc(Cl)cc2)c1C(=O)OC. The fourth-order valence-electron chi connectivity index (χ4n) is 2.77. The third kappa shape index (κ3) is 4.96. The van der Waals surface area contributed by atoms with Gasteiger partial charge in [-0.25, -0.2) is 4.79 Å². The van der Waals surface area contributed by atoms with Crippen molar-refractivity contribution in [3.05, 3.63) is 70.6 Å². The lowest BCUT2D eigenvalue weighted by Gasteiger charge is -2.17. The molecule has 7 heteroatoms. The molecule has 3 rings (SSSR count). The number of esters is 1. The molecule has 3 aromatic rings. The van der Waals surface area contributed by atoms with E-state index in [1.54, 1.807) is 24.3 Å². The molecule has 29 heavy (non-hydrogen) atoms. The first-order chi connectivity index (χ1) is 14.0. The highest BCUT2D eigenvalue weighted by Gasteiger charge is 2.25. The molecule has 0 spiro atoms. The van der Waals surface area contributed by atoms with Gasteiger partial charge in [-0.1, -0.05) is 48.9 Å². The molecule has 150 valence electrons. The number of anilines is 1. The summed E-state index contributed by atoms with van der Waals surface area (Å²) < 4.78 is 10.7. The fourth-order valence-corrected chi connectivity index (χ4v) is 3.86. The molecule has 0 bridgehead atoms. The van der Waals surface area contributed by atoms with Gasteiger partial charge < -0.3 is 14.8 Å². The van der Waals surface area contributed by atoms with E-state index in [9.17, 15) is 9.59 Å². The smallest absolute Gasteiger partial charge is 0.341 e. The van der Waals surface area contributed by atoms with Gasteiger partial charge in [-0.05, 0) is 36.2 Å². The van der Waals surface area contributed by atoms with Gasteiger partial charge in [0.1, 0.15) is 16.3 Å². The quantitative estimate of drug-likeness (QED) is 0.493. The Labute approximate surface area is 178 Å². The minimum atomic E-state index is -0.691. The number of para-hydroxylation sites is 1. The maximum Gasteiger partial charge on any atom is 0.341 e. The van der Waals surface area contributed by atoms with E-state index >= 15 is 0 Å². The summed E-state index contributed by atoms with van der Waals surface area (Å²) in [6, 6.07) is 16.3. The Kier molecular flexibility index (Phi) is 6.90. The van der Waals surface area contributed by atoms with Crippen LogP contribution in [0.3, 0.4) is 0 Å². The number of methoxy groups -OCH3 is 1. The normalized spacial score (nSPS) is 11.6. The van der Waals surface area contributed by atoms with Crippen LogP contribution in [0.1, 0.15) is 23.7 Å². The summed E-state index contributed by atoms with van der Waals surface area (Å²) in [7, 11) is 1.31. The van der Waals surface area contributed by atoms with Gasteiger partial charge in [0.15, 0.2) is 6.10 Å². The van der Waals surface area contributed by atoms with Crippen LogP contribution in [-0.2, 0) is 9.53 Å². The van der Waals surface area contributed by atoms with Gasteiger partial charge in [-0.2, -0.15) is 0 Å². The highest BCUT2D eigenvalue weighted by Crippen LogP contribution is 2.36. The lowest BCUT2D eigenvalue weighted by atomic mass is 10.0. The molecular weight excluding hydrogens is 410 g/mol. The molecule has 1 unspecified atom stereocenters. The van der Waals surface area contributed by atoms with Crippen molar-refractivity contribution < 1.29 is 19.1 Å². The maximum absolute atomic E-state index is 12.8. The third-order valence-corrected chi connectivity index (χ3v) is 5.40. The summed E-state index contributed by atoms with van der Waals surface area (Å²) in [5.74, 6) is -0.245. The Morgan fingerprint density at radius 3 is 2.41 bits per heavy atom. The second-order valence-corrected chi connectivity index (χ2v) is 7.49. The van der Waals surface area contributed by atoms with Crippen LogP contribution in [0.5, 0.6) is 5.75 Å². The Bertz CT molecular complexity index is 986. The van der Waals surface area contributed by atoms with Crippen LogP contribution < -0.4 is 10.1 Å². The van der Waals surface area contributed by atoms with Crippen molar-refractivity contribution in [3.63, 3.8) is 0 Å². The molecule has 0 aliphatic carbocycles. The van der Waals surface area contributed by atoms with E-state index in [2.05, 4.69) is 5.32 Å². The van der Waals surface area contributed by atoms with Crippen LogP contribution in [-0.4, -0.2) is 25.1 Å². The second-order valence-electron chi connectivity index (χ2n) is 6.17. The molecule has 1 amide bonds. The van der Waals surface area contributed by atoms with Crippen LogP contribution in [0.4, 0.5) is 5.00 Å². The number of hydrogen-bond donors (Lipinski definition) is 1. The first kappa shape index (κ1) is 20.9. The zero-order valence-corrected chi connectivity index (χ0v) is 17.5. The highest BCUT2D eigenvalue weighted by atomic mass is 35.5. The van der Waals surface area contributed by atoms with Crippen molar-refractivity contribution in [3.8, 4) is 16.9 Å². The summed E-state index contributed by atoms with van der Waals surface area (Å²) in [6.07, 6.45) is -0.215. The number of amides is 1. The van der Waals surface area contributed by atoms with E-state index in [0.717, 1.165) is 5.56 Å². The number of hydrogen-bond acceptors (Lipinski definition) is 5. The van der Waals surface area contributed by atoms with Crippen molar-refractivity contribution in [1.82, 2.24) is 0 Å². The van der Waals surface area contributed by atoms with Crippen LogP contribution in [0.2, 0.25) is 5.02 Å². The average molecular weight is 430 g/mol. The summed E-state index contributed by atoms with van der Waals surface area (Å²) in [4.78, 5) is 25.2. The van der Waals surface area contributed by atoms with E-state index < -0.39 is 12.1 Å². The van der Waals surface area contributed by atoms with E-state index in [0.29, 0.717) is 33.3 Å². The first-order valence-corrected chi connectivity index (χ1v) is 10.3. The van der Waals surface area contributed by atoms with Crippen molar-refractivity contribution in [2.45, 2.75) is 19.4 Å². The number of benzene rings is 2. The molecule has 0 fully saturated rings. The first-order valence-electron chi connectivity index (χ1n) is 9.01. The number of halogens is 1. The summed E-state index contributed by atoms with van der Waals surface area (Å²) in [5.41, 5.74) is 1.78. The fraction of sp³-hybridized carbons (Fsp3) is 0.182. The Morgan fingerprint density at radius 2 is 1.79 bits per heavy atom. The Morgan fingerprint density at radius 1 is 1.10 bits per heavy atom. The molecule has 2 aromatic carbocycles. The minimum absolute atomic E-state index is 0.308. The molecule has 0 saturated heterocycles. The Balaban J connectivity index is 1.86. The predicted molar refractivity (Wildman–Crippen MR) is 116 cm³/mol. The molecule has 1 heterocycles. The molecule has 0 saturated carbocycles. The van der Waals surface area contributed by atoms with Crippen molar-refractivity contribution >= 4 is 39.8 Å². The number of carbonyl (C=O) groups excluding carboxylic acids is 2. The minimum Gasteiger partial charge on any atom is -0.481 e. The molecule has 0 radical (unpaired) electrons. The van der Waals surface area contributed by atoms with Gasteiger partial charge in [0.25, 0.3) is 5.91 Å². The number of rotatable bonds is 7. The highest BCUT2D eigenvalue weighted by molar-refractivity contribution is 7.15. The van der Waals surface area contributed by atoms with Crippen LogP contribution in [0.25, 0.3) is 11.1 Å². The van der Waals surface area contributed by atoms with E-state index in [1.165, 1.54) is 18.4 Å². The number of ether oxygens (including phenoxy) is 2. The summed E-state index contributed by atoms with van der Waals surface area (Å²) in [5, 5.41) is 5.65. The van der Waals surface area contributed by atoms with Gasteiger partial charge in [-0.15, -0.1) is 11.3 Å². The third-order valence-electron chi connectivity index (χ3n) is 4.26. The van der Waals surface area contributed by atoms with Crippen LogP contribution in [0, 0.1) is 0 Å². The van der Waals surface area contributed by atoms with E-state index in [4.69, 9.17) is 21.1 Å². The largest absolute Gasteiger partial charge is 0.481 e.